The Bertz CT molecular complexity index is 1300. The summed E-state index contributed by atoms with van der Waals surface area (Å²) < 4.78 is 10.8. The Morgan fingerprint density at radius 3 is 2.26 bits per heavy atom. The third kappa shape index (κ3) is 12.0. The number of phenols is 1. The first-order chi connectivity index (χ1) is 22.5. The van der Waals surface area contributed by atoms with Crippen LogP contribution in [0.4, 0.5) is 4.79 Å². The van der Waals surface area contributed by atoms with Gasteiger partial charge in [-0.05, 0) is 107 Å². The molecule has 4 rings (SSSR count). The summed E-state index contributed by atoms with van der Waals surface area (Å²) in [5.41, 5.74) is 0.768. The highest BCUT2D eigenvalue weighted by atomic mass is 32.2. The van der Waals surface area contributed by atoms with Crippen molar-refractivity contribution < 1.29 is 29.0 Å². The summed E-state index contributed by atoms with van der Waals surface area (Å²) in [6, 6.07) is 14.1. The Morgan fingerprint density at radius 1 is 0.936 bits per heavy atom. The largest absolute Gasteiger partial charge is 0.507 e. The van der Waals surface area contributed by atoms with E-state index in [1.165, 1.54) is 38.2 Å². The molecule has 0 radical (unpaired) electrons. The van der Waals surface area contributed by atoms with Crippen molar-refractivity contribution in [2.45, 2.75) is 108 Å². The molecule has 2 aliphatic rings. The van der Waals surface area contributed by atoms with Gasteiger partial charge in [-0.1, -0.05) is 43.5 Å². The Hall–Kier alpha value is -3.40. The van der Waals surface area contributed by atoms with E-state index in [1.54, 1.807) is 25.3 Å². The van der Waals surface area contributed by atoms with E-state index in [2.05, 4.69) is 28.1 Å². The average Bonchev–Trinajstić information content (AvgIpc) is 3.05. The lowest BCUT2D eigenvalue weighted by Gasteiger charge is -2.33. The predicted octanol–water partition coefficient (Wildman–Crippen LogP) is 6.62. The molecule has 47 heavy (non-hydrogen) atoms. The standard InChI is InChI=1S/C37H53N3O6S/c1-37(2,3)46-36(44)39-28-18-16-27(17-19-28)34(42)40-31(23-38-35(43)30-12-8-9-13-32(30)41)33(47-24-26-10-6-5-7-11-26)22-25-14-20-29(45-4)21-15-25/h8-9,12-15,20-21,26-28,31,33,41H,5-7,10-11,16-19,22-24H2,1-4H3,(H,38,43)(H,39,44)(H,40,42). The number of hydrogen-bond donors (Lipinski definition) is 4. The molecule has 2 aromatic rings. The molecule has 2 aromatic carbocycles. The minimum Gasteiger partial charge on any atom is -0.507 e. The number of rotatable bonds is 13. The van der Waals surface area contributed by atoms with Crippen LogP contribution >= 0.6 is 11.8 Å². The molecule has 0 heterocycles. The maximum Gasteiger partial charge on any atom is 0.407 e. The van der Waals surface area contributed by atoms with E-state index in [1.807, 2.05) is 44.7 Å². The van der Waals surface area contributed by atoms with Gasteiger partial charge in [-0.3, -0.25) is 9.59 Å². The van der Waals surface area contributed by atoms with E-state index in [9.17, 15) is 19.5 Å². The van der Waals surface area contributed by atoms with Gasteiger partial charge in [-0.25, -0.2) is 4.79 Å². The monoisotopic (exact) mass is 667 g/mol. The highest BCUT2D eigenvalue weighted by Crippen LogP contribution is 2.32. The Kier molecular flexibility index (Phi) is 13.7. The van der Waals surface area contributed by atoms with E-state index < -0.39 is 11.7 Å². The fourth-order valence-corrected chi connectivity index (χ4v) is 8.00. The smallest absolute Gasteiger partial charge is 0.407 e. The highest BCUT2D eigenvalue weighted by Gasteiger charge is 2.32. The van der Waals surface area contributed by atoms with Gasteiger partial charge in [0.1, 0.15) is 17.1 Å². The SMILES string of the molecule is COc1ccc(CC(SCC2CCCCC2)C(CNC(=O)c2ccccc2O)NC(=O)C2CCC(NC(=O)OC(C)(C)C)CC2)cc1. The maximum absolute atomic E-state index is 13.8. The van der Waals surface area contributed by atoms with Crippen LogP contribution in [0.5, 0.6) is 11.5 Å². The van der Waals surface area contributed by atoms with Crippen molar-refractivity contribution in [3.05, 3.63) is 59.7 Å². The molecule has 2 aliphatic carbocycles. The fourth-order valence-electron chi connectivity index (χ4n) is 6.44. The Labute approximate surface area is 284 Å². The van der Waals surface area contributed by atoms with Gasteiger partial charge in [0, 0.05) is 23.8 Å². The molecule has 2 saturated carbocycles. The first kappa shape index (κ1) is 36.4. The number of aromatic hydroxyl groups is 1. The zero-order chi connectivity index (χ0) is 33.8. The molecule has 9 nitrogen and oxygen atoms in total. The zero-order valence-electron chi connectivity index (χ0n) is 28.4. The summed E-state index contributed by atoms with van der Waals surface area (Å²) in [5.74, 6) is 1.76. The lowest BCUT2D eigenvalue weighted by Crippen LogP contribution is -2.52. The molecule has 0 aromatic heterocycles. The number of hydrogen-bond acceptors (Lipinski definition) is 7. The number of thioether (sulfide) groups is 1. The molecule has 2 atom stereocenters. The van der Waals surface area contributed by atoms with E-state index in [0.29, 0.717) is 38.0 Å². The van der Waals surface area contributed by atoms with Crippen molar-refractivity contribution in [1.82, 2.24) is 16.0 Å². The molecule has 2 unspecified atom stereocenters. The number of nitrogens with one attached hydrogen (secondary N) is 3. The van der Waals surface area contributed by atoms with Gasteiger partial charge >= 0.3 is 6.09 Å². The molecule has 4 N–H and O–H groups in total. The number of carbonyl (C=O) groups excluding carboxylic acids is 3. The van der Waals surface area contributed by atoms with Crippen molar-refractivity contribution in [2.75, 3.05) is 19.4 Å². The van der Waals surface area contributed by atoms with Crippen molar-refractivity contribution in [1.29, 1.82) is 0 Å². The van der Waals surface area contributed by atoms with Crippen LogP contribution in [-0.2, 0) is 16.0 Å². The summed E-state index contributed by atoms with van der Waals surface area (Å²) in [6.07, 6.45) is 9.25. The molecule has 0 bridgehead atoms. The third-order valence-electron chi connectivity index (χ3n) is 9.09. The molecular formula is C37H53N3O6S. The van der Waals surface area contributed by atoms with Crippen molar-refractivity contribution in [3.8, 4) is 11.5 Å². The number of benzene rings is 2. The second-order valence-corrected chi connectivity index (χ2v) is 15.2. The summed E-state index contributed by atoms with van der Waals surface area (Å²) in [6.45, 7) is 5.74. The van der Waals surface area contributed by atoms with Gasteiger partial charge in [-0.15, -0.1) is 0 Å². The van der Waals surface area contributed by atoms with Crippen molar-refractivity contribution in [3.63, 3.8) is 0 Å². The summed E-state index contributed by atoms with van der Waals surface area (Å²) in [4.78, 5) is 39.3. The molecular weight excluding hydrogens is 614 g/mol. The van der Waals surface area contributed by atoms with Crippen molar-refractivity contribution in [2.24, 2.45) is 11.8 Å². The number of methoxy groups -OCH3 is 1. The zero-order valence-corrected chi connectivity index (χ0v) is 29.2. The molecule has 0 spiro atoms. The van der Waals surface area contributed by atoms with Crippen molar-refractivity contribution >= 4 is 29.7 Å². The van der Waals surface area contributed by atoms with Gasteiger partial charge in [0.15, 0.2) is 0 Å². The van der Waals surface area contributed by atoms with Crippen LogP contribution in [0, 0.1) is 11.8 Å². The Balaban J connectivity index is 1.48. The summed E-state index contributed by atoms with van der Waals surface area (Å²) >= 11 is 1.88. The minimum absolute atomic E-state index is 0.00381. The summed E-state index contributed by atoms with van der Waals surface area (Å²) in [7, 11) is 1.65. The number of phenolic OH excluding ortho intramolecular Hbond substituents is 1. The quantitative estimate of drug-likeness (QED) is 0.189. The third-order valence-corrected chi connectivity index (χ3v) is 10.7. The van der Waals surface area contributed by atoms with Crippen LogP contribution in [-0.4, -0.2) is 65.4 Å². The van der Waals surface area contributed by atoms with Crippen LogP contribution in [0.25, 0.3) is 0 Å². The van der Waals surface area contributed by atoms with E-state index in [0.717, 1.165) is 17.1 Å². The van der Waals surface area contributed by atoms with E-state index in [4.69, 9.17) is 9.47 Å². The number of amides is 3. The topological polar surface area (TPSA) is 126 Å². The molecule has 3 amide bonds. The normalized spacial score (nSPS) is 20.0. The lowest BCUT2D eigenvalue weighted by molar-refractivity contribution is -0.126. The molecule has 0 saturated heterocycles. The molecule has 258 valence electrons. The lowest BCUT2D eigenvalue weighted by atomic mass is 9.85. The van der Waals surface area contributed by atoms with Crippen LogP contribution in [0.15, 0.2) is 48.5 Å². The predicted molar refractivity (Wildman–Crippen MR) is 187 cm³/mol. The van der Waals surface area contributed by atoms with Gasteiger partial charge in [0.2, 0.25) is 5.91 Å². The van der Waals surface area contributed by atoms with Gasteiger partial charge in [-0.2, -0.15) is 11.8 Å². The number of ether oxygens (including phenoxy) is 2. The molecule has 0 aliphatic heterocycles. The van der Waals surface area contributed by atoms with Gasteiger partial charge in [0.25, 0.3) is 5.91 Å². The first-order valence-corrected chi connectivity index (χ1v) is 18.2. The van der Waals surface area contributed by atoms with Crippen LogP contribution in [0.1, 0.15) is 94.5 Å². The van der Waals surface area contributed by atoms with Crippen LogP contribution in [0.3, 0.4) is 0 Å². The first-order valence-electron chi connectivity index (χ1n) is 17.1. The fraction of sp³-hybridized carbons (Fsp3) is 0.595. The summed E-state index contributed by atoms with van der Waals surface area (Å²) in [5, 5.41) is 19.6. The average molecular weight is 668 g/mol. The number of alkyl carbamates (subject to hydrolysis) is 1. The second kappa shape index (κ2) is 17.7. The van der Waals surface area contributed by atoms with Gasteiger partial charge < -0.3 is 30.5 Å². The number of para-hydroxylation sites is 1. The number of carbonyl (C=O) groups is 3. The maximum atomic E-state index is 13.8. The second-order valence-electron chi connectivity index (χ2n) is 14.0. The molecule has 2 fully saturated rings. The minimum atomic E-state index is -0.567. The Morgan fingerprint density at radius 2 is 1.62 bits per heavy atom. The molecule has 10 heteroatoms. The highest BCUT2D eigenvalue weighted by molar-refractivity contribution is 7.99. The van der Waals surface area contributed by atoms with Gasteiger partial charge in [0.05, 0.1) is 18.7 Å². The van der Waals surface area contributed by atoms with Crippen LogP contribution < -0.4 is 20.7 Å². The van der Waals surface area contributed by atoms with E-state index in [-0.39, 0.29) is 52.9 Å². The van der Waals surface area contributed by atoms with Crippen LogP contribution in [0.2, 0.25) is 0 Å². The van der Waals surface area contributed by atoms with E-state index >= 15 is 0 Å².